The number of sulfonamides is 1. The molecule has 8 heteroatoms. The van der Waals surface area contributed by atoms with Crippen LogP contribution in [0.25, 0.3) is 0 Å². The van der Waals surface area contributed by atoms with Gasteiger partial charge in [-0.05, 0) is 24.1 Å². The first-order chi connectivity index (χ1) is 10.8. The fraction of sp³-hybridized carbons (Fsp3) is 0.400. The van der Waals surface area contributed by atoms with Crippen LogP contribution in [0.4, 0.5) is 0 Å². The van der Waals surface area contributed by atoms with E-state index in [0.717, 1.165) is 4.31 Å². The van der Waals surface area contributed by atoms with E-state index in [1.807, 2.05) is 6.07 Å². The summed E-state index contributed by atoms with van der Waals surface area (Å²) in [7, 11) is -7.00. The quantitative estimate of drug-likeness (QED) is 0.720. The van der Waals surface area contributed by atoms with Crippen molar-refractivity contribution in [1.29, 1.82) is 5.26 Å². The van der Waals surface area contributed by atoms with E-state index in [1.165, 1.54) is 6.07 Å². The zero-order valence-electron chi connectivity index (χ0n) is 12.3. The molecule has 0 radical (unpaired) electrons. The molecule has 0 spiro atoms. The minimum atomic E-state index is -3.78. The van der Waals surface area contributed by atoms with Crippen molar-refractivity contribution in [3.63, 3.8) is 0 Å². The number of benzene rings is 1. The summed E-state index contributed by atoms with van der Waals surface area (Å²) < 4.78 is 49.6. The van der Waals surface area contributed by atoms with E-state index >= 15 is 0 Å². The Balaban J connectivity index is 2.27. The van der Waals surface area contributed by atoms with E-state index < -0.39 is 25.9 Å². The van der Waals surface area contributed by atoms with Gasteiger partial charge in [0.2, 0.25) is 10.0 Å². The molecule has 6 nitrogen and oxygen atoms in total. The van der Waals surface area contributed by atoms with Gasteiger partial charge in [0.05, 0.1) is 35.4 Å². The van der Waals surface area contributed by atoms with Crippen molar-refractivity contribution in [3.05, 3.63) is 35.4 Å². The molecule has 0 saturated carbocycles. The molecule has 1 saturated heterocycles. The Bertz CT molecular complexity index is 877. The number of hydrogen-bond donors (Lipinski definition) is 0. The van der Waals surface area contributed by atoms with Gasteiger partial charge in [0.15, 0.2) is 9.84 Å². The van der Waals surface area contributed by atoms with Crippen LogP contribution in [-0.2, 0) is 25.6 Å². The Morgan fingerprint density at radius 1 is 1.39 bits per heavy atom. The number of nitriles is 1. The van der Waals surface area contributed by atoms with Crippen LogP contribution >= 0.6 is 0 Å². The minimum Gasteiger partial charge on any atom is -0.229 e. The molecule has 23 heavy (non-hydrogen) atoms. The lowest BCUT2D eigenvalue weighted by Gasteiger charge is -2.25. The molecule has 0 N–H and O–H groups in total. The molecule has 1 aromatic carbocycles. The number of rotatable bonds is 5. The van der Waals surface area contributed by atoms with Gasteiger partial charge in [-0.25, -0.2) is 16.8 Å². The Morgan fingerprint density at radius 3 is 2.70 bits per heavy atom. The molecular formula is C15H16N2O4S2. The van der Waals surface area contributed by atoms with Gasteiger partial charge in [0, 0.05) is 6.04 Å². The van der Waals surface area contributed by atoms with Gasteiger partial charge in [-0.2, -0.15) is 9.57 Å². The highest BCUT2D eigenvalue weighted by molar-refractivity contribution is 7.92. The third kappa shape index (κ3) is 4.32. The highest BCUT2D eigenvalue weighted by atomic mass is 32.2. The van der Waals surface area contributed by atoms with Gasteiger partial charge in [0.25, 0.3) is 0 Å². The smallest absolute Gasteiger partial charge is 0.219 e. The van der Waals surface area contributed by atoms with Crippen molar-refractivity contribution >= 4 is 19.9 Å². The predicted octanol–water partition coefficient (Wildman–Crippen LogP) is 0.510. The molecule has 1 aliphatic rings. The molecule has 1 heterocycles. The summed E-state index contributed by atoms with van der Waals surface area (Å²) in [5, 5.41) is 8.88. The van der Waals surface area contributed by atoms with Crippen LogP contribution in [0.2, 0.25) is 0 Å². The monoisotopic (exact) mass is 352 g/mol. The van der Waals surface area contributed by atoms with Crippen LogP contribution in [-0.4, -0.2) is 45.2 Å². The first-order valence-electron chi connectivity index (χ1n) is 6.90. The second kappa shape index (κ2) is 6.71. The second-order valence-electron chi connectivity index (χ2n) is 5.37. The van der Waals surface area contributed by atoms with E-state index in [1.54, 1.807) is 18.2 Å². The van der Waals surface area contributed by atoms with Crippen LogP contribution in [0.5, 0.6) is 0 Å². The first kappa shape index (κ1) is 17.5. The lowest BCUT2D eigenvalue weighted by atomic mass is 10.2. The minimum absolute atomic E-state index is 0.0296. The highest BCUT2D eigenvalue weighted by Gasteiger charge is 2.37. The molecule has 1 fully saturated rings. The van der Waals surface area contributed by atoms with E-state index in [2.05, 4.69) is 5.92 Å². The number of nitrogens with zero attached hydrogens (tertiary/aromatic N) is 2. The standard InChI is InChI=1S/C15H16N2O4S2/c1-2-7-17(15-6-8-22(18,19)12-15)23(20,21)11-14-5-3-4-13(9-14)10-16/h1,3-5,9,15H,6-8,11-12H2. The fourth-order valence-corrected chi connectivity index (χ4v) is 6.07. The van der Waals surface area contributed by atoms with Crippen LogP contribution < -0.4 is 0 Å². The molecule has 1 aliphatic heterocycles. The zero-order valence-corrected chi connectivity index (χ0v) is 14.0. The summed E-state index contributed by atoms with van der Waals surface area (Å²) in [6, 6.07) is 7.62. The zero-order chi connectivity index (χ0) is 17.1. The van der Waals surface area contributed by atoms with Crippen LogP contribution in [0, 0.1) is 23.7 Å². The summed E-state index contributed by atoms with van der Waals surface area (Å²) in [5.41, 5.74) is 0.830. The molecule has 0 aliphatic carbocycles. The Kier molecular flexibility index (Phi) is 5.10. The van der Waals surface area contributed by atoms with Crippen molar-refractivity contribution in [2.45, 2.75) is 18.2 Å². The third-order valence-electron chi connectivity index (χ3n) is 3.63. The maximum Gasteiger partial charge on any atom is 0.219 e. The van der Waals surface area contributed by atoms with Crippen molar-refractivity contribution in [2.24, 2.45) is 0 Å². The van der Waals surface area contributed by atoms with Gasteiger partial charge in [-0.3, -0.25) is 0 Å². The largest absolute Gasteiger partial charge is 0.229 e. The molecule has 1 aromatic rings. The van der Waals surface area contributed by atoms with E-state index in [-0.39, 0.29) is 30.2 Å². The van der Waals surface area contributed by atoms with Crippen molar-refractivity contribution in [2.75, 3.05) is 18.1 Å². The summed E-state index contributed by atoms with van der Waals surface area (Å²) in [4.78, 5) is 0. The van der Waals surface area contributed by atoms with Crippen LogP contribution in [0.3, 0.4) is 0 Å². The summed E-state index contributed by atoms with van der Waals surface area (Å²) in [6.07, 6.45) is 5.50. The molecule has 0 bridgehead atoms. The molecule has 0 amide bonds. The van der Waals surface area contributed by atoms with Crippen molar-refractivity contribution in [1.82, 2.24) is 4.31 Å². The number of sulfone groups is 1. The Hall–Kier alpha value is -1.87. The van der Waals surface area contributed by atoms with Gasteiger partial charge in [-0.1, -0.05) is 18.1 Å². The second-order valence-corrected chi connectivity index (χ2v) is 9.52. The van der Waals surface area contributed by atoms with E-state index in [0.29, 0.717) is 11.1 Å². The maximum absolute atomic E-state index is 12.6. The van der Waals surface area contributed by atoms with E-state index in [9.17, 15) is 16.8 Å². The van der Waals surface area contributed by atoms with Crippen LogP contribution in [0.15, 0.2) is 24.3 Å². The molecule has 2 rings (SSSR count). The lowest BCUT2D eigenvalue weighted by Crippen LogP contribution is -2.41. The average Bonchev–Trinajstić information content (AvgIpc) is 2.84. The third-order valence-corrected chi connectivity index (χ3v) is 7.22. The summed E-state index contributed by atoms with van der Waals surface area (Å²) in [5.74, 6) is 1.74. The van der Waals surface area contributed by atoms with Crippen molar-refractivity contribution in [3.8, 4) is 18.4 Å². The average molecular weight is 352 g/mol. The Labute approximate surface area is 136 Å². The van der Waals surface area contributed by atoms with Gasteiger partial charge < -0.3 is 0 Å². The topological polar surface area (TPSA) is 95.3 Å². The molecule has 1 atom stereocenters. The fourth-order valence-electron chi connectivity index (χ4n) is 2.57. The van der Waals surface area contributed by atoms with Crippen molar-refractivity contribution < 1.29 is 16.8 Å². The molecule has 122 valence electrons. The highest BCUT2D eigenvalue weighted by Crippen LogP contribution is 2.22. The van der Waals surface area contributed by atoms with Crippen LogP contribution in [0.1, 0.15) is 17.5 Å². The molecular weight excluding hydrogens is 336 g/mol. The lowest BCUT2D eigenvalue weighted by molar-refractivity contribution is 0.371. The van der Waals surface area contributed by atoms with Gasteiger partial charge >= 0.3 is 0 Å². The van der Waals surface area contributed by atoms with E-state index in [4.69, 9.17) is 11.7 Å². The van der Waals surface area contributed by atoms with Gasteiger partial charge in [0.1, 0.15) is 0 Å². The SMILES string of the molecule is C#CCN(C1CCS(=O)(=O)C1)S(=O)(=O)Cc1cccc(C#N)c1. The normalized spacial score (nSPS) is 20.0. The van der Waals surface area contributed by atoms with Gasteiger partial charge in [-0.15, -0.1) is 6.42 Å². The first-order valence-corrected chi connectivity index (χ1v) is 10.3. The number of terminal acetylenes is 1. The number of hydrogen-bond acceptors (Lipinski definition) is 5. The summed E-state index contributed by atoms with van der Waals surface area (Å²) >= 11 is 0. The molecule has 1 unspecified atom stereocenters. The predicted molar refractivity (Wildman–Crippen MR) is 86.4 cm³/mol. The Morgan fingerprint density at radius 2 is 2.13 bits per heavy atom. The molecule has 0 aromatic heterocycles. The maximum atomic E-state index is 12.6. The summed E-state index contributed by atoms with van der Waals surface area (Å²) in [6.45, 7) is -0.166.